The molecule has 2 nitrogen and oxygen atoms in total. The molecule has 23 heavy (non-hydrogen) atoms. The molecule has 1 fully saturated rings. The van der Waals surface area contributed by atoms with Crippen molar-refractivity contribution >= 4 is 0 Å². The Morgan fingerprint density at radius 3 is 2.13 bits per heavy atom. The van der Waals surface area contributed by atoms with E-state index in [1.54, 1.807) is 5.56 Å². The normalized spacial score (nSPS) is 15.9. The molecule has 0 bridgehead atoms. The molecule has 0 saturated carbocycles. The molecule has 1 aliphatic heterocycles. The molecule has 1 aliphatic rings. The molecule has 0 spiro atoms. The van der Waals surface area contributed by atoms with Crippen molar-refractivity contribution in [2.24, 2.45) is 0 Å². The zero-order chi connectivity index (χ0) is 16.2. The van der Waals surface area contributed by atoms with Gasteiger partial charge in [0.15, 0.2) is 0 Å². The monoisotopic (exact) mass is 317 g/mol. The van der Waals surface area contributed by atoms with Crippen molar-refractivity contribution in [3.8, 4) is 0 Å². The van der Waals surface area contributed by atoms with Crippen molar-refractivity contribution in [3.05, 3.63) is 35.4 Å². The molecule has 0 aromatic heterocycles. The van der Waals surface area contributed by atoms with E-state index >= 15 is 0 Å². The van der Waals surface area contributed by atoms with Crippen LogP contribution in [0.5, 0.6) is 0 Å². The van der Waals surface area contributed by atoms with Crippen LogP contribution in [0.1, 0.15) is 69.4 Å². The van der Waals surface area contributed by atoms with Gasteiger partial charge >= 0.3 is 0 Å². The average molecular weight is 318 g/mol. The first-order valence-corrected chi connectivity index (χ1v) is 9.77. The lowest BCUT2D eigenvalue weighted by Gasteiger charge is -2.27. The Kier molecular flexibility index (Phi) is 9.35. The van der Waals surface area contributed by atoms with E-state index in [2.05, 4.69) is 36.1 Å². The minimum Gasteiger partial charge on any atom is -0.379 e. The van der Waals surface area contributed by atoms with Crippen LogP contribution in [0.2, 0.25) is 0 Å². The summed E-state index contributed by atoms with van der Waals surface area (Å²) >= 11 is 0. The number of benzene rings is 1. The van der Waals surface area contributed by atoms with Crippen LogP contribution in [0.3, 0.4) is 0 Å². The number of unbranched alkanes of at least 4 members (excludes halogenated alkanes) is 7. The lowest BCUT2D eigenvalue weighted by atomic mass is 9.99. The van der Waals surface area contributed by atoms with Crippen molar-refractivity contribution in [3.63, 3.8) is 0 Å². The van der Waals surface area contributed by atoms with Crippen LogP contribution in [0, 0.1) is 0 Å². The number of nitrogens with zero attached hydrogens (tertiary/aromatic N) is 1. The highest BCUT2D eigenvalue weighted by Gasteiger charge is 2.12. The van der Waals surface area contributed by atoms with Crippen LogP contribution in [0.4, 0.5) is 0 Å². The summed E-state index contributed by atoms with van der Waals surface area (Å²) in [6.45, 7) is 7.31. The number of rotatable bonds is 11. The Morgan fingerprint density at radius 1 is 0.826 bits per heavy atom. The second-order valence-corrected chi connectivity index (χ2v) is 6.88. The third kappa shape index (κ3) is 7.50. The van der Waals surface area contributed by atoms with Gasteiger partial charge in [0.25, 0.3) is 0 Å². The number of hydrogen-bond acceptors (Lipinski definition) is 2. The maximum atomic E-state index is 5.45. The first kappa shape index (κ1) is 18.5. The van der Waals surface area contributed by atoms with E-state index in [-0.39, 0.29) is 0 Å². The zero-order valence-electron chi connectivity index (χ0n) is 15.1. The van der Waals surface area contributed by atoms with E-state index in [0.717, 1.165) is 32.8 Å². The molecule has 1 saturated heterocycles. The van der Waals surface area contributed by atoms with Gasteiger partial charge in [-0.15, -0.1) is 0 Å². The topological polar surface area (TPSA) is 12.5 Å². The lowest BCUT2D eigenvalue weighted by molar-refractivity contribution is 0.0341. The highest BCUT2D eigenvalue weighted by Crippen LogP contribution is 2.17. The maximum absolute atomic E-state index is 5.45. The molecule has 2 rings (SSSR count). The Bertz CT molecular complexity index is 412. The summed E-state index contributed by atoms with van der Waals surface area (Å²) in [5.74, 6) is 0. The number of aryl methyl sites for hydroxylation is 1. The Morgan fingerprint density at radius 2 is 1.43 bits per heavy atom. The fourth-order valence-corrected chi connectivity index (χ4v) is 3.41. The van der Waals surface area contributed by atoms with Crippen LogP contribution in [-0.4, -0.2) is 31.2 Å². The predicted molar refractivity (Wildman–Crippen MR) is 98.9 cm³/mol. The van der Waals surface area contributed by atoms with Crippen LogP contribution in [0.25, 0.3) is 0 Å². The number of ether oxygens (including phenoxy) is 1. The van der Waals surface area contributed by atoms with Crippen LogP contribution >= 0.6 is 0 Å². The fourth-order valence-electron chi connectivity index (χ4n) is 3.41. The number of hydrogen-bond donors (Lipinski definition) is 0. The van der Waals surface area contributed by atoms with Crippen molar-refractivity contribution < 1.29 is 4.74 Å². The van der Waals surface area contributed by atoms with Gasteiger partial charge in [-0.25, -0.2) is 0 Å². The smallest absolute Gasteiger partial charge is 0.0594 e. The summed E-state index contributed by atoms with van der Waals surface area (Å²) < 4.78 is 5.45. The summed E-state index contributed by atoms with van der Waals surface area (Å²) in [5.41, 5.74) is 3.09. The van der Waals surface area contributed by atoms with Gasteiger partial charge in [0.2, 0.25) is 0 Å². The standard InChI is InChI=1S/C21H35NO/c1-2-3-4-5-6-7-8-9-12-20-13-10-11-14-21(20)19-22-15-17-23-18-16-22/h10-11,13-14H,2-9,12,15-19H2,1H3. The van der Waals surface area contributed by atoms with E-state index in [4.69, 9.17) is 4.74 Å². The van der Waals surface area contributed by atoms with E-state index in [1.165, 1.54) is 63.4 Å². The van der Waals surface area contributed by atoms with Crippen molar-refractivity contribution in [2.45, 2.75) is 71.3 Å². The number of morpholine rings is 1. The van der Waals surface area contributed by atoms with Gasteiger partial charge in [-0.2, -0.15) is 0 Å². The van der Waals surface area contributed by atoms with Crippen molar-refractivity contribution in [1.29, 1.82) is 0 Å². The Labute approximate surface area is 143 Å². The van der Waals surface area contributed by atoms with Gasteiger partial charge in [-0.05, 0) is 24.0 Å². The van der Waals surface area contributed by atoms with Crippen molar-refractivity contribution in [1.82, 2.24) is 4.90 Å². The zero-order valence-corrected chi connectivity index (χ0v) is 15.1. The molecular formula is C21H35NO. The molecule has 0 N–H and O–H groups in total. The molecule has 0 radical (unpaired) electrons. The van der Waals surface area contributed by atoms with E-state index < -0.39 is 0 Å². The first-order valence-electron chi connectivity index (χ1n) is 9.77. The molecule has 1 heterocycles. The van der Waals surface area contributed by atoms with Crippen LogP contribution < -0.4 is 0 Å². The molecule has 130 valence electrons. The molecule has 0 unspecified atom stereocenters. The third-order valence-corrected chi connectivity index (χ3v) is 4.92. The van der Waals surface area contributed by atoms with Gasteiger partial charge in [0.1, 0.15) is 0 Å². The van der Waals surface area contributed by atoms with E-state index in [9.17, 15) is 0 Å². The van der Waals surface area contributed by atoms with Crippen LogP contribution in [-0.2, 0) is 17.7 Å². The molecule has 1 aromatic rings. The largest absolute Gasteiger partial charge is 0.379 e. The lowest BCUT2D eigenvalue weighted by Crippen LogP contribution is -2.35. The molecule has 0 amide bonds. The van der Waals surface area contributed by atoms with Gasteiger partial charge in [-0.1, -0.05) is 76.1 Å². The SMILES string of the molecule is CCCCCCCCCCc1ccccc1CN1CCOCC1. The fraction of sp³-hybridized carbons (Fsp3) is 0.714. The minimum absolute atomic E-state index is 0.889. The Hall–Kier alpha value is -0.860. The third-order valence-electron chi connectivity index (χ3n) is 4.92. The predicted octanol–water partition coefficient (Wildman–Crippen LogP) is 5.20. The van der Waals surface area contributed by atoms with Gasteiger partial charge in [0, 0.05) is 19.6 Å². The van der Waals surface area contributed by atoms with Gasteiger partial charge in [-0.3, -0.25) is 4.90 Å². The van der Waals surface area contributed by atoms with E-state index in [0.29, 0.717) is 0 Å². The molecule has 0 aliphatic carbocycles. The highest BCUT2D eigenvalue weighted by atomic mass is 16.5. The quantitative estimate of drug-likeness (QED) is 0.520. The summed E-state index contributed by atoms with van der Waals surface area (Å²) in [5, 5.41) is 0. The second-order valence-electron chi connectivity index (χ2n) is 6.88. The maximum Gasteiger partial charge on any atom is 0.0594 e. The first-order chi connectivity index (χ1) is 11.4. The average Bonchev–Trinajstić information content (AvgIpc) is 2.59. The second kappa shape index (κ2) is 11.6. The summed E-state index contributed by atoms with van der Waals surface area (Å²) in [4.78, 5) is 2.52. The van der Waals surface area contributed by atoms with Crippen LogP contribution in [0.15, 0.2) is 24.3 Å². The summed E-state index contributed by atoms with van der Waals surface area (Å²) in [6.07, 6.45) is 12.4. The van der Waals surface area contributed by atoms with E-state index in [1.807, 2.05) is 0 Å². The van der Waals surface area contributed by atoms with Crippen molar-refractivity contribution in [2.75, 3.05) is 26.3 Å². The minimum atomic E-state index is 0.889. The summed E-state index contributed by atoms with van der Waals surface area (Å²) in [7, 11) is 0. The summed E-state index contributed by atoms with van der Waals surface area (Å²) in [6, 6.07) is 9.03. The molecule has 1 aromatic carbocycles. The highest BCUT2D eigenvalue weighted by molar-refractivity contribution is 5.27. The molecule has 2 heteroatoms. The Balaban J connectivity index is 1.66. The van der Waals surface area contributed by atoms with Gasteiger partial charge < -0.3 is 4.74 Å². The molecular weight excluding hydrogens is 282 g/mol. The molecule has 0 atom stereocenters. The van der Waals surface area contributed by atoms with Gasteiger partial charge in [0.05, 0.1) is 13.2 Å².